The summed E-state index contributed by atoms with van der Waals surface area (Å²) in [6.45, 7) is 0. The molecule has 0 aromatic carbocycles. The number of carboxylic acids is 1. The maximum Gasteiger partial charge on any atom is 0.393 e. The maximum absolute atomic E-state index is 10.4. The summed E-state index contributed by atoms with van der Waals surface area (Å²) in [5.41, 5.74) is 0.451. The number of carbonyl (C=O) groups is 1. The third kappa shape index (κ3) is 1.35. The lowest BCUT2D eigenvalue weighted by Gasteiger charge is -1.85. The smallest absolute Gasteiger partial charge is 0.393 e. The van der Waals surface area contributed by atoms with Crippen LogP contribution in [0.2, 0.25) is 0 Å². The number of aromatic nitrogens is 4. The fraction of sp³-hybridized carbons (Fsp3) is 0.143. The number of carboxylic acid groups (broad SMARTS) is 1. The van der Waals surface area contributed by atoms with E-state index in [1.54, 1.807) is 24.0 Å². The zero-order valence-electron chi connectivity index (χ0n) is 7.21. The van der Waals surface area contributed by atoms with Crippen LogP contribution in [0.25, 0.3) is 11.6 Å². The van der Waals surface area contributed by atoms with Crippen LogP contribution in [-0.2, 0) is 7.05 Å². The molecule has 7 nitrogen and oxygen atoms in total. The van der Waals surface area contributed by atoms with Crippen molar-refractivity contribution in [3.8, 4) is 11.6 Å². The summed E-state index contributed by atoms with van der Waals surface area (Å²) >= 11 is 0. The van der Waals surface area contributed by atoms with Gasteiger partial charge in [-0.25, -0.2) is 4.79 Å². The molecular weight excluding hydrogens is 188 g/mol. The first-order valence-corrected chi connectivity index (χ1v) is 3.73. The Labute approximate surface area is 78.0 Å². The van der Waals surface area contributed by atoms with Crippen molar-refractivity contribution in [2.45, 2.75) is 0 Å². The quantitative estimate of drug-likeness (QED) is 0.732. The zero-order chi connectivity index (χ0) is 10.1. The number of aryl methyl sites for hydroxylation is 1. The first-order valence-electron chi connectivity index (χ1n) is 3.73. The molecule has 0 spiro atoms. The van der Waals surface area contributed by atoms with E-state index in [0.717, 1.165) is 0 Å². The lowest BCUT2D eigenvalue weighted by atomic mass is 10.4. The molecule has 0 aliphatic heterocycles. The Kier molecular flexibility index (Phi) is 1.77. The van der Waals surface area contributed by atoms with E-state index < -0.39 is 11.9 Å². The number of rotatable bonds is 2. The summed E-state index contributed by atoms with van der Waals surface area (Å²) < 4.78 is 6.40. The Balaban J connectivity index is 2.38. The fourth-order valence-electron chi connectivity index (χ4n) is 0.942. The van der Waals surface area contributed by atoms with Crippen molar-refractivity contribution in [2.24, 2.45) is 7.05 Å². The Morgan fingerprint density at radius 3 is 2.86 bits per heavy atom. The molecular formula is C7H6N4O3. The fourth-order valence-corrected chi connectivity index (χ4v) is 0.942. The molecule has 0 amide bonds. The summed E-state index contributed by atoms with van der Waals surface area (Å²) in [5.74, 6) is -1.59. The molecule has 2 aromatic rings. The van der Waals surface area contributed by atoms with Gasteiger partial charge in [-0.2, -0.15) is 5.10 Å². The molecule has 0 bridgehead atoms. The highest BCUT2D eigenvalue weighted by Gasteiger charge is 2.15. The van der Waals surface area contributed by atoms with Gasteiger partial charge in [0.2, 0.25) is 0 Å². The first kappa shape index (κ1) is 8.42. The Morgan fingerprint density at radius 2 is 2.36 bits per heavy atom. The molecule has 2 heterocycles. The molecule has 0 radical (unpaired) electrons. The third-order valence-electron chi connectivity index (χ3n) is 1.54. The van der Waals surface area contributed by atoms with Crippen molar-refractivity contribution in [2.75, 3.05) is 0 Å². The van der Waals surface area contributed by atoms with Crippen LogP contribution in [0.3, 0.4) is 0 Å². The van der Waals surface area contributed by atoms with Crippen molar-refractivity contribution < 1.29 is 14.3 Å². The second kappa shape index (κ2) is 2.95. The highest BCUT2D eigenvalue weighted by atomic mass is 16.4. The SMILES string of the molecule is Cn1ccc(-c2nnc(C(=O)O)o2)n1. The Morgan fingerprint density at radius 1 is 1.57 bits per heavy atom. The molecule has 0 aliphatic rings. The minimum absolute atomic E-state index is 0.100. The molecule has 7 heteroatoms. The third-order valence-corrected chi connectivity index (χ3v) is 1.54. The lowest BCUT2D eigenvalue weighted by Crippen LogP contribution is -1.95. The number of hydrogen-bond acceptors (Lipinski definition) is 5. The Bertz CT molecular complexity index is 473. The van der Waals surface area contributed by atoms with E-state index in [-0.39, 0.29) is 5.89 Å². The first-order chi connectivity index (χ1) is 6.66. The molecule has 72 valence electrons. The van der Waals surface area contributed by atoms with Crippen LogP contribution in [0.1, 0.15) is 10.7 Å². The van der Waals surface area contributed by atoms with Gasteiger partial charge in [0.05, 0.1) is 0 Å². The van der Waals surface area contributed by atoms with Crippen LogP contribution in [0.15, 0.2) is 16.7 Å². The zero-order valence-corrected chi connectivity index (χ0v) is 7.21. The van der Waals surface area contributed by atoms with Crippen molar-refractivity contribution in [3.05, 3.63) is 18.2 Å². The highest BCUT2D eigenvalue weighted by molar-refractivity contribution is 5.82. The van der Waals surface area contributed by atoms with Crippen LogP contribution < -0.4 is 0 Å². The van der Waals surface area contributed by atoms with Gasteiger partial charge in [-0.05, 0) is 6.07 Å². The van der Waals surface area contributed by atoms with E-state index in [1.807, 2.05) is 0 Å². The van der Waals surface area contributed by atoms with E-state index in [4.69, 9.17) is 9.52 Å². The van der Waals surface area contributed by atoms with Gasteiger partial charge in [0.15, 0.2) is 0 Å². The van der Waals surface area contributed by atoms with Crippen LogP contribution in [0.4, 0.5) is 0 Å². The molecule has 0 aliphatic carbocycles. The summed E-state index contributed by atoms with van der Waals surface area (Å²) in [7, 11) is 1.73. The minimum Gasteiger partial charge on any atom is -0.474 e. The number of aromatic carboxylic acids is 1. The van der Waals surface area contributed by atoms with Gasteiger partial charge >= 0.3 is 11.9 Å². The second-order valence-corrected chi connectivity index (χ2v) is 2.59. The van der Waals surface area contributed by atoms with Gasteiger partial charge in [0.1, 0.15) is 5.69 Å². The summed E-state index contributed by atoms with van der Waals surface area (Å²) in [6, 6.07) is 1.65. The Hall–Kier alpha value is -2.18. The van der Waals surface area contributed by atoms with E-state index in [9.17, 15) is 4.79 Å². The summed E-state index contributed by atoms with van der Waals surface area (Å²) in [6.07, 6.45) is 1.69. The normalized spacial score (nSPS) is 10.4. The molecule has 2 aromatic heterocycles. The lowest BCUT2D eigenvalue weighted by molar-refractivity contribution is 0.0654. The predicted molar refractivity (Wildman–Crippen MR) is 43.5 cm³/mol. The van der Waals surface area contributed by atoms with Gasteiger partial charge < -0.3 is 9.52 Å². The van der Waals surface area contributed by atoms with E-state index >= 15 is 0 Å². The second-order valence-electron chi connectivity index (χ2n) is 2.59. The highest BCUT2D eigenvalue weighted by Crippen LogP contribution is 2.14. The van der Waals surface area contributed by atoms with Gasteiger partial charge in [-0.3, -0.25) is 4.68 Å². The van der Waals surface area contributed by atoms with Crippen molar-refractivity contribution >= 4 is 5.97 Å². The summed E-state index contributed by atoms with van der Waals surface area (Å²) in [5, 5.41) is 19.4. The molecule has 1 N–H and O–H groups in total. The van der Waals surface area contributed by atoms with Gasteiger partial charge in [0.25, 0.3) is 5.89 Å². The predicted octanol–water partition coefficient (Wildman–Crippen LogP) is 0.168. The van der Waals surface area contributed by atoms with Gasteiger partial charge in [-0.15, -0.1) is 10.2 Å². The van der Waals surface area contributed by atoms with Gasteiger partial charge in [0, 0.05) is 13.2 Å². The van der Waals surface area contributed by atoms with Crippen molar-refractivity contribution in [1.82, 2.24) is 20.0 Å². The van der Waals surface area contributed by atoms with E-state index in [1.165, 1.54) is 0 Å². The monoisotopic (exact) mass is 194 g/mol. The molecule has 0 saturated heterocycles. The molecule has 0 atom stereocenters. The van der Waals surface area contributed by atoms with Crippen molar-refractivity contribution in [1.29, 1.82) is 0 Å². The van der Waals surface area contributed by atoms with Gasteiger partial charge in [-0.1, -0.05) is 0 Å². The van der Waals surface area contributed by atoms with Crippen LogP contribution in [-0.4, -0.2) is 31.1 Å². The van der Waals surface area contributed by atoms with Crippen LogP contribution in [0, 0.1) is 0 Å². The molecule has 0 fully saturated rings. The number of nitrogens with zero attached hydrogens (tertiary/aromatic N) is 4. The summed E-state index contributed by atoms with van der Waals surface area (Å²) in [4.78, 5) is 10.4. The average molecular weight is 194 g/mol. The molecule has 0 unspecified atom stereocenters. The van der Waals surface area contributed by atoms with Crippen LogP contribution in [0.5, 0.6) is 0 Å². The topological polar surface area (TPSA) is 94.0 Å². The van der Waals surface area contributed by atoms with E-state index in [2.05, 4.69) is 15.3 Å². The standard InChI is InChI=1S/C7H6N4O3/c1-11-3-2-4(10-11)5-8-9-6(14-5)7(12)13/h2-3H,1H3,(H,12,13). The van der Waals surface area contributed by atoms with E-state index in [0.29, 0.717) is 5.69 Å². The maximum atomic E-state index is 10.4. The van der Waals surface area contributed by atoms with Crippen LogP contribution >= 0.6 is 0 Å². The molecule has 0 saturated carbocycles. The van der Waals surface area contributed by atoms with Crippen molar-refractivity contribution in [3.63, 3.8) is 0 Å². The molecule has 2 rings (SSSR count). The largest absolute Gasteiger partial charge is 0.474 e. The number of hydrogen-bond donors (Lipinski definition) is 1. The average Bonchev–Trinajstić information content (AvgIpc) is 2.70. The molecule has 14 heavy (non-hydrogen) atoms. The minimum atomic E-state index is -1.25.